The zero-order valence-electron chi connectivity index (χ0n) is 46.3. The molecule has 4 rings (SSSR count). The normalized spacial score (nSPS) is 27.2. The maximum Gasteiger partial charge on any atom is 0.329 e. The number of aliphatic hydroxyl groups excluding tert-OH is 2. The molecule has 1 aromatic rings. The monoisotopic (exact) mass is 1060 g/mol. The quantitative estimate of drug-likeness (QED) is 0.158. The molecule has 5 N–H and O–H groups in total. The smallest absolute Gasteiger partial charge is 0.329 e. The number of nitrogens with zero attached hydrogens (tertiary/aromatic N) is 4. The molecule has 0 aromatic heterocycles. The van der Waals surface area contributed by atoms with Crippen LogP contribution in [0.1, 0.15) is 126 Å². The number of likely N-dealkylation sites (tertiary alicyclic amines) is 1. The first-order valence-corrected chi connectivity index (χ1v) is 26.7. The van der Waals surface area contributed by atoms with Crippen molar-refractivity contribution < 1.29 is 67.6 Å². The highest BCUT2D eigenvalue weighted by Crippen LogP contribution is 2.27. The Morgan fingerprint density at radius 3 is 2.09 bits per heavy atom. The van der Waals surface area contributed by atoms with E-state index in [4.69, 9.17) is 14.2 Å². The van der Waals surface area contributed by atoms with E-state index >= 15 is 0 Å². The van der Waals surface area contributed by atoms with Crippen molar-refractivity contribution in [3.05, 3.63) is 29.8 Å². The van der Waals surface area contributed by atoms with Gasteiger partial charge in [0, 0.05) is 33.6 Å². The van der Waals surface area contributed by atoms with Crippen molar-refractivity contribution in [2.75, 3.05) is 34.3 Å². The molecule has 3 aliphatic heterocycles. The Kier molecular flexibility index (Phi) is 22.9. The van der Waals surface area contributed by atoms with Gasteiger partial charge in [-0.3, -0.25) is 38.4 Å². The van der Waals surface area contributed by atoms with E-state index in [0.717, 1.165) is 0 Å². The van der Waals surface area contributed by atoms with Crippen molar-refractivity contribution in [2.24, 2.45) is 23.7 Å². The number of hydrogen-bond donors (Lipinski definition) is 5. The zero-order valence-corrected chi connectivity index (χ0v) is 46.3. The van der Waals surface area contributed by atoms with Gasteiger partial charge in [0.1, 0.15) is 54.2 Å². The first-order valence-electron chi connectivity index (χ1n) is 26.7. The number of hydrogen-bond acceptors (Lipinski definition) is 14. The summed E-state index contributed by atoms with van der Waals surface area (Å²) in [4.78, 5) is 134. The van der Waals surface area contributed by atoms with Gasteiger partial charge in [-0.2, -0.15) is 0 Å². The number of fused-ring (bicyclic) bond motifs is 1. The Morgan fingerprint density at radius 1 is 0.880 bits per heavy atom. The first kappa shape index (κ1) is 61.7. The van der Waals surface area contributed by atoms with Crippen LogP contribution in [0.25, 0.3) is 0 Å². The highest BCUT2D eigenvalue weighted by atomic mass is 16.6. The van der Waals surface area contributed by atoms with E-state index in [9.17, 15) is 53.4 Å². The molecule has 0 saturated carbocycles. The van der Waals surface area contributed by atoms with Crippen molar-refractivity contribution in [3.8, 4) is 5.75 Å². The average Bonchev–Trinajstić information content (AvgIpc) is 4.06. The summed E-state index contributed by atoms with van der Waals surface area (Å²) in [7, 11) is 4.34. The number of cyclic esters (lactones) is 2. The SMILES string of the molecule is CC[C@H](C)[C@H]1NC(=O)[C@@H](NC(=O)[C@@H](CC(C)C)N(C)C(=O)[C@@H]2CCCN2C(=O)[C@H](C)O)[C@@H](C)OC(=O)[C@H](Cc2ccc(OC)cc2)N(C)C(=O)[C@@H]2CCCN2C(=O)[C@H](CC(C)C)NC(=O)[C@H](C(C)C)OC(=O)C[C@@H]1O. The van der Waals surface area contributed by atoms with Crippen molar-refractivity contribution >= 4 is 53.3 Å². The molecular formula is C54H85N7O14. The summed E-state index contributed by atoms with van der Waals surface area (Å²) in [6, 6.07) is -1.85. The number of ether oxygens (including phenoxy) is 3. The summed E-state index contributed by atoms with van der Waals surface area (Å²) in [6.45, 7) is 17.3. The Labute approximate surface area is 442 Å². The third-order valence-electron chi connectivity index (χ3n) is 14.6. The third kappa shape index (κ3) is 16.1. The predicted octanol–water partition coefficient (Wildman–Crippen LogP) is 2.11. The van der Waals surface area contributed by atoms with Gasteiger partial charge in [-0.1, -0.05) is 73.9 Å². The number of methoxy groups -OCH3 is 1. The topological polar surface area (TPSA) is 271 Å². The van der Waals surface area contributed by atoms with E-state index < -0.39 is 138 Å². The van der Waals surface area contributed by atoms with Crippen molar-refractivity contribution in [3.63, 3.8) is 0 Å². The minimum Gasteiger partial charge on any atom is -0.497 e. The Bertz CT molecular complexity index is 2170. The highest BCUT2D eigenvalue weighted by molar-refractivity contribution is 5.97. The van der Waals surface area contributed by atoms with Crippen LogP contribution >= 0.6 is 0 Å². The lowest BCUT2D eigenvalue weighted by Crippen LogP contribution is -2.62. The van der Waals surface area contributed by atoms with E-state index in [2.05, 4.69) is 16.0 Å². The molecule has 3 heterocycles. The summed E-state index contributed by atoms with van der Waals surface area (Å²) in [5, 5.41) is 30.2. The number of carbonyl (C=O) groups is 9. The Balaban J connectivity index is 1.87. The van der Waals surface area contributed by atoms with E-state index in [1.165, 1.54) is 54.7 Å². The van der Waals surface area contributed by atoms with Crippen LogP contribution in [-0.2, 0) is 59.0 Å². The van der Waals surface area contributed by atoms with Gasteiger partial charge in [-0.15, -0.1) is 0 Å². The maximum atomic E-state index is 14.9. The molecule has 3 aliphatic rings. The van der Waals surface area contributed by atoms with E-state index in [0.29, 0.717) is 30.6 Å². The molecule has 0 bridgehead atoms. The molecule has 0 unspecified atom stereocenters. The van der Waals surface area contributed by atoms with Gasteiger partial charge in [-0.25, -0.2) is 4.79 Å². The van der Waals surface area contributed by atoms with Crippen molar-refractivity contribution in [2.45, 2.75) is 194 Å². The molecule has 420 valence electrons. The lowest BCUT2D eigenvalue weighted by Gasteiger charge is -2.36. The third-order valence-corrected chi connectivity index (χ3v) is 14.6. The first-order chi connectivity index (χ1) is 35.2. The summed E-state index contributed by atoms with van der Waals surface area (Å²) in [5.41, 5.74) is 0.597. The predicted molar refractivity (Wildman–Crippen MR) is 276 cm³/mol. The second-order valence-corrected chi connectivity index (χ2v) is 21.8. The molecule has 21 heteroatoms. The molecule has 0 aliphatic carbocycles. The number of likely N-dealkylation sites (N-methyl/N-ethyl adjacent to an activating group) is 2. The summed E-state index contributed by atoms with van der Waals surface area (Å²) in [6.07, 6.45) is -4.56. The minimum absolute atomic E-state index is 0.0924. The van der Waals surface area contributed by atoms with E-state index in [1.807, 2.05) is 27.7 Å². The van der Waals surface area contributed by atoms with Crippen molar-refractivity contribution in [1.29, 1.82) is 0 Å². The van der Waals surface area contributed by atoms with Gasteiger partial charge in [0.15, 0.2) is 6.10 Å². The van der Waals surface area contributed by atoms with Gasteiger partial charge in [0.25, 0.3) is 11.8 Å². The van der Waals surface area contributed by atoms with E-state index in [1.54, 1.807) is 52.0 Å². The van der Waals surface area contributed by atoms with Gasteiger partial charge in [-0.05, 0) is 93.7 Å². The highest BCUT2D eigenvalue weighted by Gasteiger charge is 2.45. The number of rotatable bonds is 15. The van der Waals surface area contributed by atoms with Crippen LogP contribution in [0, 0.1) is 23.7 Å². The standard InChI is InChI=1S/C54H85N7O14/c1-14-32(8)44-42(63)28-43(64)75-46(31(6)7)49(67)55-37(25-29(2)3)51(69)61-24-16-18-39(61)53(71)59(12)41(27-35-19-21-36(73-13)22-20-35)54(72)74-34(10)45(48(66)56-44)57-47(65)40(26-30(4)5)58(11)52(70)38-17-15-23-60(38)50(68)33(9)62/h19-22,29-34,37-42,44-46,62-63H,14-18,23-28H2,1-13H3,(H,55,67)(H,56,66)(H,57,65)/t32-,33-,34+,37-,38-,39-,40+,41-,42-,44+,45-,46-/m0/s1. The number of benzene rings is 1. The van der Waals surface area contributed by atoms with Gasteiger partial charge in [0.2, 0.25) is 29.5 Å². The molecular weight excluding hydrogens is 971 g/mol. The second-order valence-electron chi connectivity index (χ2n) is 21.8. The Morgan fingerprint density at radius 2 is 1.52 bits per heavy atom. The van der Waals surface area contributed by atoms with Gasteiger partial charge in [0.05, 0.1) is 25.7 Å². The zero-order chi connectivity index (χ0) is 56.2. The van der Waals surface area contributed by atoms with Crippen LogP contribution < -0.4 is 20.7 Å². The van der Waals surface area contributed by atoms with Crippen molar-refractivity contribution in [1.82, 2.24) is 35.6 Å². The van der Waals surface area contributed by atoms with Crippen LogP contribution in [0.5, 0.6) is 5.75 Å². The molecule has 0 spiro atoms. The summed E-state index contributed by atoms with van der Waals surface area (Å²) < 4.78 is 17.2. The van der Waals surface area contributed by atoms with Crippen LogP contribution in [-0.4, -0.2) is 184 Å². The number of esters is 2. The number of carbonyl (C=O) groups excluding carboxylic acids is 9. The molecule has 7 amide bonds. The maximum absolute atomic E-state index is 14.9. The fourth-order valence-electron chi connectivity index (χ4n) is 10.1. The second kappa shape index (κ2) is 27.8. The molecule has 75 heavy (non-hydrogen) atoms. The number of amides is 7. The largest absolute Gasteiger partial charge is 0.497 e. The van der Waals surface area contributed by atoms with E-state index in [-0.39, 0.29) is 57.0 Å². The average molecular weight is 1060 g/mol. The molecule has 1 aromatic carbocycles. The lowest BCUT2D eigenvalue weighted by atomic mass is 9.92. The fourth-order valence-corrected chi connectivity index (χ4v) is 10.1. The lowest BCUT2D eigenvalue weighted by molar-refractivity contribution is -0.162. The molecule has 0 radical (unpaired) electrons. The summed E-state index contributed by atoms with van der Waals surface area (Å²) >= 11 is 0. The number of nitrogens with one attached hydrogen (secondary N) is 3. The van der Waals surface area contributed by atoms with Gasteiger partial charge >= 0.3 is 11.9 Å². The van der Waals surface area contributed by atoms with Crippen LogP contribution in [0.3, 0.4) is 0 Å². The number of aliphatic hydroxyl groups is 2. The molecule has 3 saturated heterocycles. The molecule has 3 fully saturated rings. The van der Waals surface area contributed by atoms with Crippen LogP contribution in [0.2, 0.25) is 0 Å². The minimum atomic E-state index is -1.73. The summed E-state index contributed by atoms with van der Waals surface area (Å²) in [5.74, 6) is -7.61. The van der Waals surface area contributed by atoms with Crippen LogP contribution in [0.15, 0.2) is 24.3 Å². The van der Waals surface area contributed by atoms with Gasteiger partial charge < -0.3 is 60.0 Å². The fraction of sp³-hybridized carbons (Fsp3) is 0.722. The molecule has 12 atom stereocenters. The molecule has 21 nitrogen and oxygen atoms in total. The van der Waals surface area contributed by atoms with Crippen LogP contribution in [0.4, 0.5) is 0 Å². The Hall–Kier alpha value is -5.83.